The van der Waals surface area contributed by atoms with Crippen LogP contribution in [0.1, 0.15) is 24.2 Å². The largest absolute Gasteiger partial charge is 0.467 e. The Bertz CT molecular complexity index is 695. The standard InChI is InChI=1S/C22H30N2O3/c25-20(16-26-17-21-5-3-13-27-21)15-23-10-7-18(8-11-23)14-24-12-9-19-4-1-2-6-22(19)24/h1-6,13,18,20,25H,7-12,14-17H2. The van der Waals surface area contributed by atoms with E-state index in [-0.39, 0.29) is 0 Å². The zero-order valence-corrected chi connectivity index (χ0v) is 15.9. The van der Waals surface area contributed by atoms with Crippen LogP contribution in [0, 0.1) is 5.92 Å². The molecule has 0 bridgehead atoms. The average molecular weight is 370 g/mol. The Labute approximate surface area is 161 Å². The highest BCUT2D eigenvalue weighted by atomic mass is 16.5. The van der Waals surface area contributed by atoms with E-state index in [9.17, 15) is 5.11 Å². The van der Waals surface area contributed by atoms with E-state index in [0.717, 1.165) is 31.3 Å². The Balaban J connectivity index is 1.15. The molecular formula is C22H30N2O3. The second-order valence-corrected chi connectivity index (χ2v) is 7.82. The lowest BCUT2D eigenvalue weighted by molar-refractivity contribution is 0.000353. The third-order valence-corrected chi connectivity index (χ3v) is 5.77. The number of β-amino-alcohol motifs (C(OH)–C–C–N with tert-alkyl or cyclic N) is 1. The van der Waals surface area contributed by atoms with Gasteiger partial charge in [0.25, 0.3) is 0 Å². The molecule has 0 saturated carbocycles. The number of para-hydroxylation sites is 1. The molecule has 5 heteroatoms. The van der Waals surface area contributed by atoms with Crippen LogP contribution in [0.2, 0.25) is 0 Å². The van der Waals surface area contributed by atoms with Gasteiger partial charge in [-0.3, -0.25) is 0 Å². The number of rotatable bonds is 8. The van der Waals surface area contributed by atoms with E-state index in [0.29, 0.717) is 19.8 Å². The van der Waals surface area contributed by atoms with Crippen LogP contribution in [-0.4, -0.2) is 55.4 Å². The monoisotopic (exact) mass is 370 g/mol. The fourth-order valence-corrected chi connectivity index (χ4v) is 4.30. The number of hydrogen-bond donors (Lipinski definition) is 1. The molecule has 0 amide bonds. The van der Waals surface area contributed by atoms with E-state index >= 15 is 0 Å². The minimum absolute atomic E-state index is 0.352. The number of fused-ring (bicyclic) bond motifs is 1. The molecule has 1 saturated heterocycles. The van der Waals surface area contributed by atoms with E-state index in [2.05, 4.69) is 34.1 Å². The molecule has 1 aromatic carbocycles. The number of anilines is 1. The summed E-state index contributed by atoms with van der Waals surface area (Å²) in [4.78, 5) is 4.93. The third-order valence-electron chi connectivity index (χ3n) is 5.77. The molecule has 146 valence electrons. The van der Waals surface area contributed by atoms with Crippen LogP contribution in [0.3, 0.4) is 0 Å². The third kappa shape index (κ3) is 4.92. The van der Waals surface area contributed by atoms with Crippen molar-refractivity contribution < 1.29 is 14.3 Å². The first-order chi connectivity index (χ1) is 13.3. The van der Waals surface area contributed by atoms with Gasteiger partial charge in [-0.05, 0) is 62.0 Å². The fraction of sp³-hybridized carbons (Fsp3) is 0.545. The second kappa shape index (κ2) is 8.91. The summed E-state index contributed by atoms with van der Waals surface area (Å²) in [5, 5.41) is 10.2. The lowest BCUT2D eigenvalue weighted by Gasteiger charge is -2.35. The summed E-state index contributed by atoms with van der Waals surface area (Å²) in [7, 11) is 0. The Morgan fingerprint density at radius 2 is 1.96 bits per heavy atom. The molecule has 1 aromatic heterocycles. The zero-order valence-electron chi connectivity index (χ0n) is 15.9. The van der Waals surface area contributed by atoms with Crippen LogP contribution in [-0.2, 0) is 17.8 Å². The van der Waals surface area contributed by atoms with Gasteiger partial charge in [0, 0.05) is 25.3 Å². The SMILES string of the molecule is OC(COCc1ccco1)CN1CCC(CN2CCc3ccccc32)CC1. The molecule has 5 nitrogen and oxygen atoms in total. The number of aliphatic hydroxyl groups is 1. The van der Waals surface area contributed by atoms with Crippen molar-refractivity contribution in [3.8, 4) is 0 Å². The van der Waals surface area contributed by atoms with Crippen molar-refractivity contribution in [2.75, 3.05) is 44.2 Å². The van der Waals surface area contributed by atoms with Gasteiger partial charge in [0.15, 0.2) is 0 Å². The summed E-state index contributed by atoms with van der Waals surface area (Å²) in [6, 6.07) is 12.5. The smallest absolute Gasteiger partial charge is 0.129 e. The van der Waals surface area contributed by atoms with Crippen molar-refractivity contribution >= 4 is 5.69 Å². The van der Waals surface area contributed by atoms with Crippen LogP contribution >= 0.6 is 0 Å². The molecule has 0 radical (unpaired) electrons. The van der Waals surface area contributed by atoms with Crippen LogP contribution in [0.15, 0.2) is 47.1 Å². The van der Waals surface area contributed by atoms with E-state index in [1.165, 1.54) is 37.1 Å². The molecule has 3 heterocycles. The number of hydrogen-bond acceptors (Lipinski definition) is 5. The van der Waals surface area contributed by atoms with E-state index in [1.54, 1.807) is 6.26 Å². The van der Waals surface area contributed by atoms with Crippen LogP contribution in [0.5, 0.6) is 0 Å². The molecule has 27 heavy (non-hydrogen) atoms. The lowest BCUT2D eigenvalue weighted by Crippen LogP contribution is -2.42. The molecule has 1 atom stereocenters. The summed E-state index contributed by atoms with van der Waals surface area (Å²) in [6.07, 6.45) is 4.79. The van der Waals surface area contributed by atoms with Gasteiger partial charge in [0.2, 0.25) is 0 Å². The lowest BCUT2D eigenvalue weighted by atomic mass is 9.96. The minimum Gasteiger partial charge on any atom is -0.467 e. The van der Waals surface area contributed by atoms with Gasteiger partial charge in [-0.15, -0.1) is 0 Å². The second-order valence-electron chi connectivity index (χ2n) is 7.82. The van der Waals surface area contributed by atoms with Crippen LogP contribution in [0.4, 0.5) is 5.69 Å². The van der Waals surface area contributed by atoms with E-state index in [1.807, 2.05) is 12.1 Å². The highest BCUT2D eigenvalue weighted by molar-refractivity contribution is 5.57. The van der Waals surface area contributed by atoms with Crippen molar-refractivity contribution in [3.05, 3.63) is 54.0 Å². The normalized spacial score (nSPS) is 19.4. The van der Waals surface area contributed by atoms with Gasteiger partial charge in [0.05, 0.1) is 19.0 Å². The quantitative estimate of drug-likeness (QED) is 0.774. The minimum atomic E-state index is -0.443. The summed E-state index contributed by atoms with van der Waals surface area (Å²) in [6.45, 7) is 5.92. The Kier molecular flexibility index (Phi) is 6.12. The molecule has 1 N–H and O–H groups in total. The maximum absolute atomic E-state index is 10.2. The average Bonchev–Trinajstić information content (AvgIpc) is 3.34. The van der Waals surface area contributed by atoms with E-state index in [4.69, 9.17) is 9.15 Å². The number of piperidine rings is 1. The molecule has 0 spiro atoms. The maximum Gasteiger partial charge on any atom is 0.129 e. The predicted molar refractivity (Wildman–Crippen MR) is 106 cm³/mol. The molecule has 2 aliphatic rings. The summed E-state index contributed by atoms with van der Waals surface area (Å²) < 4.78 is 10.8. The fourth-order valence-electron chi connectivity index (χ4n) is 4.30. The molecule has 1 unspecified atom stereocenters. The number of likely N-dealkylation sites (tertiary alicyclic amines) is 1. The van der Waals surface area contributed by atoms with Crippen molar-refractivity contribution in [1.82, 2.24) is 4.90 Å². The number of nitrogens with zero attached hydrogens (tertiary/aromatic N) is 2. The van der Waals surface area contributed by atoms with Crippen LogP contribution in [0.25, 0.3) is 0 Å². The highest BCUT2D eigenvalue weighted by Gasteiger charge is 2.25. The molecule has 1 fully saturated rings. The molecule has 2 aliphatic heterocycles. The number of furan rings is 1. The van der Waals surface area contributed by atoms with Crippen molar-refractivity contribution in [2.24, 2.45) is 5.92 Å². The number of aliphatic hydroxyl groups excluding tert-OH is 1. The molecule has 2 aromatic rings. The Morgan fingerprint density at radius 1 is 1.11 bits per heavy atom. The summed E-state index contributed by atoms with van der Waals surface area (Å²) in [5.41, 5.74) is 2.93. The number of benzene rings is 1. The van der Waals surface area contributed by atoms with Gasteiger partial charge < -0.3 is 24.1 Å². The van der Waals surface area contributed by atoms with Gasteiger partial charge in [-0.1, -0.05) is 18.2 Å². The first kappa shape index (κ1) is 18.5. The Hall–Kier alpha value is -1.82. The van der Waals surface area contributed by atoms with Crippen molar-refractivity contribution in [2.45, 2.75) is 32.0 Å². The first-order valence-corrected chi connectivity index (χ1v) is 10.1. The molecule has 0 aliphatic carbocycles. The predicted octanol–water partition coefficient (Wildman–Crippen LogP) is 2.93. The molecule has 4 rings (SSSR count). The summed E-state index contributed by atoms with van der Waals surface area (Å²) >= 11 is 0. The first-order valence-electron chi connectivity index (χ1n) is 10.1. The van der Waals surface area contributed by atoms with Crippen molar-refractivity contribution in [1.29, 1.82) is 0 Å². The topological polar surface area (TPSA) is 49.1 Å². The maximum atomic E-state index is 10.2. The zero-order chi connectivity index (χ0) is 18.5. The Morgan fingerprint density at radius 3 is 2.78 bits per heavy atom. The number of ether oxygens (including phenoxy) is 1. The van der Waals surface area contributed by atoms with Gasteiger partial charge in [-0.25, -0.2) is 0 Å². The van der Waals surface area contributed by atoms with Crippen LogP contribution < -0.4 is 4.90 Å². The highest BCUT2D eigenvalue weighted by Crippen LogP contribution is 2.30. The van der Waals surface area contributed by atoms with E-state index < -0.39 is 6.10 Å². The summed E-state index contributed by atoms with van der Waals surface area (Å²) in [5.74, 6) is 1.55. The van der Waals surface area contributed by atoms with Crippen molar-refractivity contribution in [3.63, 3.8) is 0 Å². The molecular weight excluding hydrogens is 340 g/mol. The van der Waals surface area contributed by atoms with Gasteiger partial charge >= 0.3 is 0 Å². The van der Waals surface area contributed by atoms with Gasteiger partial charge in [-0.2, -0.15) is 0 Å². The van der Waals surface area contributed by atoms with Gasteiger partial charge in [0.1, 0.15) is 12.4 Å².